The van der Waals surface area contributed by atoms with Gasteiger partial charge in [-0.3, -0.25) is 14.4 Å². The van der Waals surface area contributed by atoms with E-state index in [-0.39, 0.29) is 24.5 Å². The van der Waals surface area contributed by atoms with Crippen LogP contribution in [-0.2, 0) is 27.2 Å². The molecule has 0 fully saturated rings. The van der Waals surface area contributed by atoms with Crippen LogP contribution in [0.15, 0.2) is 24.3 Å². The molecule has 1 amide bonds. The van der Waals surface area contributed by atoms with E-state index >= 15 is 0 Å². The highest BCUT2D eigenvalue weighted by molar-refractivity contribution is 7.12. The smallest absolute Gasteiger partial charge is 0.307 e. The van der Waals surface area contributed by atoms with Crippen molar-refractivity contribution in [1.29, 1.82) is 0 Å². The Bertz CT molecular complexity index is 915. The highest BCUT2D eigenvalue weighted by Crippen LogP contribution is 2.25. The summed E-state index contributed by atoms with van der Waals surface area (Å²) in [7, 11) is 0. The lowest BCUT2D eigenvalue weighted by atomic mass is 10.1. The molecule has 0 unspecified atom stereocenters. The molecule has 0 aliphatic heterocycles. The van der Waals surface area contributed by atoms with Crippen molar-refractivity contribution >= 4 is 34.7 Å². The van der Waals surface area contributed by atoms with Crippen molar-refractivity contribution < 1.29 is 19.1 Å². The molecule has 0 saturated heterocycles. The second-order valence-corrected chi connectivity index (χ2v) is 8.67. The van der Waals surface area contributed by atoms with Crippen molar-refractivity contribution in [3.05, 3.63) is 50.7 Å². The number of anilines is 1. The van der Waals surface area contributed by atoms with Crippen molar-refractivity contribution in [3.8, 4) is 0 Å². The minimum Gasteiger partial charge on any atom is -0.453 e. The highest BCUT2D eigenvalue weighted by Gasteiger charge is 2.20. The molecule has 1 aromatic heterocycles. The fourth-order valence-corrected chi connectivity index (χ4v) is 4.40. The molecule has 0 bridgehead atoms. The third-order valence-electron chi connectivity index (χ3n) is 4.94. The van der Waals surface area contributed by atoms with Crippen molar-refractivity contribution in [2.24, 2.45) is 0 Å². The molecule has 0 saturated carbocycles. The maximum Gasteiger partial charge on any atom is 0.307 e. The van der Waals surface area contributed by atoms with E-state index < -0.39 is 12.1 Å². The molecule has 1 aliphatic rings. The average molecular weight is 400 g/mol. The van der Waals surface area contributed by atoms with Gasteiger partial charge in [0.05, 0.1) is 6.42 Å². The fraction of sp³-hybridized carbons (Fsp3) is 0.409. The first kappa shape index (κ1) is 20.3. The molecule has 1 aliphatic carbocycles. The zero-order valence-corrected chi connectivity index (χ0v) is 17.3. The van der Waals surface area contributed by atoms with Crippen LogP contribution in [0.2, 0.25) is 0 Å². The van der Waals surface area contributed by atoms with Gasteiger partial charge in [0, 0.05) is 27.4 Å². The SMILES string of the molecule is Cc1cc(C(=O)CCC(=O)O[C@@H](C)C(=O)Nc2ccc3c(c2)CCC3)c(C)s1. The number of ketones is 1. The number of amides is 1. The van der Waals surface area contributed by atoms with Gasteiger partial charge in [-0.25, -0.2) is 0 Å². The zero-order chi connectivity index (χ0) is 20.3. The van der Waals surface area contributed by atoms with Gasteiger partial charge in [0.15, 0.2) is 11.9 Å². The summed E-state index contributed by atoms with van der Waals surface area (Å²) >= 11 is 1.56. The normalized spacial score (nSPS) is 13.7. The van der Waals surface area contributed by atoms with Gasteiger partial charge in [0.1, 0.15) is 0 Å². The van der Waals surface area contributed by atoms with Gasteiger partial charge >= 0.3 is 5.97 Å². The molecular weight excluding hydrogens is 374 g/mol. The van der Waals surface area contributed by atoms with E-state index in [1.807, 2.05) is 38.1 Å². The molecule has 2 aromatic rings. The lowest BCUT2D eigenvalue weighted by Crippen LogP contribution is -2.30. The topological polar surface area (TPSA) is 72.5 Å². The van der Waals surface area contributed by atoms with Gasteiger partial charge in [-0.15, -0.1) is 11.3 Å². The minimum absolute atomic E-state index is 0.0381. The molecule has 0 spiro atoms. The zero-order valence-electron chi connectivity index (χ0n) is 16.5. The number of benzene rings is 1. The van der Waals surface area contributed by atoms with Crippen LogP contribution in [0.4, 0.5) is 5.69 Å². The van der Waals surface area contributed by atoms with Gasteiger partial charge in [0.25, 0.3) is 5.91 Å². The second kappa shape index (κ2) is 8.69. The highest BCUT2D eigenvalue weighted by atomic mass is 32.1. The Morgan fingerprint density at radius 2 is 1.86 bits per heavy atom. The van der Waals surface area contributed by atoms with E-state index in [0.717, 1.165) is 29.0 Å². The predicted molar refractivity (Wildman–Crippen MR) is 110 cm³/mol. The van der Waals surface area contributed by atoms with Crippen LogP contribution in [0.5, 0.6) is 0 Å². The quantitative estimate of drug-likeness (QED) is 0.554. The number of ether oxygens (including phenoxy) is 1. The molecule has 1 heterocycles. The molecule has 1 N–H and O–H groups in total. The first-order valence-corrected chi connectivity index (χ1v) is 10.4. The van der Waals surface area contributed by atoms with Crippen LogP contribution in [-0.4, -0.2) is 23.8 Å². The summed E-state index contributed by atoms with van der Waals surface area (Å²) in [5, 5.41) is 2.80. The van der Waals surface area contributed by atoms with Crippen molar-refractivity contribution in [1.82, 2.24) is 0 Å². The second-order valence-electron chi connectivity index (χ2n) is 7.21. The summed E-state index contributed by atoms with van der Waals surface area (Å²) in [6, 6.07) is 7.74. The van der Waals surface area contributed by atoms with E-state index in [2.05, 4.69) is 5.32 Å². The summed E-state index contributed by atoms with van der Waals surface area (Å²) in [6.45, 7) is 5.38. The molecule has 1 atom stereocenters. The summed E-state index contributed by atoms with van der Waals surface area (Å²) in [5.41, 5.74) is 3.97. The largest absolute Gasteiger partial charge is 0.453 e. The maximum atomic E-state index is 12.3. The van der Waals surface area contributed by atoms with Crippen molar-refractivity contribution in [3.63, 3.8) is 0 Å². The van der Waals surface area contributed by atoms with Crippen LogP contribution in [0.3, 0.4) is 0 Å². The number of hydrogen-bond acceptors (Lipinski definition) is 5. The number of fused-ring (bicyclic) bond motifs is 1. The number of thiophene rings is 1. The number of carbonyl (C=O) groups is 3. The number of rotatable bonds is 7. The number of carbonyl (C=O) groups excluding carboxylic acids is 3. The average Bonchev–Trinajstić information content (AvgIpc) is 3.24. The number of esters is 1. The van der Waals surface area contributed by atoms with Gasteiger partial charge in [0.2, 0.25) is 0 Å². The van der Waals surface area contributed by atoms with Crippen molar-refractivity contribution in [2.45, 2.75) is 59.0 Å². The summed E-state index contributed by atoms with van der Waals surface area (Å²) in [4.78, 5) is 38.6. The Balaban J connectivity index is 1.47. The van der Waals surface area contributed by atoms with Crippen molar-refractivity contribution in [2.75, 3.05) is 5.32 Å². The minimum atomic E-state index is -0.916. The van der Waals surface area contributed by atoms with Gasteiger partial charge in [-0.1, -0.05) is 6.07 Å². The van der Waals surface area contributed by atoms with E-state index in [1.54, 1.807) is 11.3 Å². The van der Waals surface area contributed by atoms with Gasteiger partial charge < -0.3 is 10.1 Å². The van der Waals surface area contributed by atoms with Crippen LogP contribution in [0.1, 0.15) is 57.4 Å². The van der Waals surface area contributed by atoms with E-state index in [9.17, 15) is 14.4 Å². The van der Waals surface area contributed by atoms with Gasteiger partial charge in [-0.2, -0.15) is 0 Å². The molecule has 3 rings (SSSR count). The molecular formula is C22H25NO4S. The standard InChI is InChI=1S/C22H25NO4S/c1-13-11-19(15(3)28-13)20(24)9-10-21(25)27-14(2)22(26)23-18-8-7-16-5-4-6-17(16)12-18/h7-8,11-12,14H,4-6,9-10H2,1-3H3,(H,23,26)/t14-/m0/s1. The molecule has 5 nitrogen and oxygen atoms in total. The van der Waals surface area contributed by atoms with Crippen LogP contribution in [0.25, 0.3) is 0 Å². The Kier molecular flexibility index (Phi) is 6.29. The lowest BCUT2D eigenvalue weighted by Gasteiger charge is -2.14. The van der Waals surface area contributed by atoms with Crippen LogP contribution >= 0.6 is 11.3 Å². The fourth-order valence-electron chi connectivity index (χ4n) is 3.46. The maximum absolute atomic E-state index is 12.3. The van der Waals surface area contributed by atoms with Crippen LogP contribution < -0.4 is 5.32 Å². The Morgan fingerprint density at radius 1 is 1.11 bits per heavy atom. The number of nitrogens with one attached hydrogen (secondary N) is 1. The Hall–Kier alpha value is -2.47. The number of aryl methyl sites for hydroxylation is 4. The van der Waals surface area contributed by atoms with E-state index in [1.165, 1.54) is 18.1 Å². The Labute approximate surface area is 169 Å². The molecule has 148 valence electrons. The number of Topliss-reactive ketones (excluding diaryl/α,β-unsaturated/α-hetero) is 1. The molecule has 28 heavy (non-hydrogen) atoms. The third-order valence-corrected chi connectivity index (χ3v) is 5.91. The summed E-state index contributed by atoms with van der Waals surface area (Å²) in [6.07, 6.45) is 2.38. The summed E-state index contributed by atoms with van der Waals surface area (Å²) < 4.78 is 5.20. The first-order chi connectivity index (χ1) is 13.3. The van der Waals surface area contributed by atoms with Crippen LogP contribution in [0, 0.1) is 13.8 Å². The third kappa shape index (κ3) is 4.87. The van der Waals surface area contributed by atoms with E-state index in [4.69, 9.17) is 4.74 Å². The first-order valence-electron chi connectivity index (χ1n) is 9.56. The molecule has 6 heteroatoms. The number of hydrogen-bond donors (Lipinski definition) is 1. The predicted octanol–water partition coefficient (Wildman–Crippen LogP) is 4.39. The molecule has 0 radical (unpaired) electrons. The lowest BCUT2D eigenvalue weighted by molar-refractivity contribution is -0.153. The van der Waals surface area contributed by atoms with E-state index in [0.29, 0.717) is 11.3 Å². The monoisotopic (exact) mass is 399 g/mol. The van der Waals surface area contributed by atoms with Gasteiger partial charge in [-0.05, 0) is 69.4 Å². The summed E-state index contributed by atoms with van der Waals surface area (Å²) in [5.74, 6) is -0.995. The molecule has 1 aromatic carbocycles. The Morgan fingerprint density at radius 3 is 2.57 bits per heavy atom.